The van der Waals surface area contributed by atoms with Crippen molar-refractivity contribution < 1.29 is 22.4 Å². The van der Waals surface area contributed by atoms with Crippen molar-refractivity contribution in [2.75, 3.05) is 11.4 Å². The second-order valence-electron chi connectivity index (χ2n) is 11.5. The Kier molecular flexibility index (Phi) is 5.04. The molecule has 8 rings (SSSR count). The molecule has 6 aliphatic carbocycles. The van der Waals surface area contributed by atoms with Crippen LogP contribution in [-0.2, 0) is 16.4 Å². The van der Waals surface area contributed by atoms with Crippen molar-refractivity contribution in [2.24, 2.45) is 10.8 Å². The Hall–Kier alpha value is -1.96. The van der Waals surface area contributed by atoms with Crippen LogP contribution in [0.1, 0.15) is 69.0 Å². The summed E-state index contributed by atoms with van der Waals surface area (Å²) in [5, 5.41) is 0. The Morgan fingerprint density at radius 2 is 1.66 bits per heavy atom. The Balaban J connectivity index is 1.24. The van der Waals surface area contributed by atoms with Gasteiger partial charge < -0.3 is 4.90 Å². The number of pyridine rings is 1. The van der Waals surface area contributed by atoms with Crippen LogP contribution >= 0.6 is 15.9 Å². The van der Waals surface area contributed by atoms with E-state index in [4.69, 9.17) is 0 Å². The lowest BCUT2D eigenvalue weighted by Crippen LogP contribution is -2.71. The number of hydrogen-bond donors (Lipinski definition) is 0. The Labute approximate surface area is 210 Å². The maximum absolute atomic E-state index is 14.3. The number of anilines is 1. The van der Waals surface area contributed by atoms with Gasteiger partial charge >= 0.3 is 6.18 Å². The van der Waals surface area contributed by atoms with E-state index in [2.05, 4.69) is 20.9 Å². The minimum Gasteiger partial charge on any atom is -0.311 e. The van der Waals surface area contributed by atoms with Crippen molar-refractivity contribution in [2.45, 2.75) is 75.0 Å². The van der Waals surface area contributed by atoms with Crippen LogP contribution in [0.2, 0.25) is 0 Å². The highest BCUT2D eigenvalue weighted by Gasteiger charge is 2.73. The van der Waals surface area contributed by atoms with Crippen LogP contribution in [0.15, 0.2) is 47.1 Å². The number of halogens is 5. The molecule has 0 aliphatic heterocycles. The number of rotatable bonds is 5. The van der Waals surface area contributed by atoms with Gasteiger partial charge in [0.1, 0.15) is 5.67 Å². The molecule has 0 atom stereocenters. The molecule has 0 unspecified atom stereocenters. The van der Waals surface area contributed by atoms with E-state index in [9.17, 15) is 22.4 Å². The normalized spacial score (nSPS) is 35.2. The first-order valence-corrected chi connectivity index (χ1v) is 13.1. The fourth-order valence-electron chi connectivity index (χ4n) is 7.22. The van der Waals surface area contributed by atoms with Gasteiger partial charge in [-0.05, 0) is 93.5 Å². The molecular weight excluding hydrogens is 524 g/mol. The van der Waals surface area contributed by atoms with Gasteiger partial charge in [-0.15, -0.1) is 0 Å². The summed E-state index contributed by atoms with van der Waals surface area (Å²) < 4.78 is 55.1. The van der Waals surface area contributed by atoms with E-state index in [1.165, 1.54) is 12.3 Å². The van der Waals surface area contributed by atoms with E-state index >= 15 is 0 Å². The van der Waals surface area contributed by atoms with Gasteiger partial charge in [-0.3, -0.25) is 9.78 Å². The fraction of sp³-hybridized carbons (Fsp3) is 0.556. The lowest BCUT2D eigenvalue weighted by Gasteiger charge is -2.65. The monoisotopic (exact) mass is 550 g/mol. The number of carbonyl (C=O) groups excluding carboxylic acids is 1. The Morgan fingerprint density at radius 1 is 1.00 bits per heavy atom. The lowest BCUT2D eigenvalue weighted by molar-refractivity contribution is -0.211. The molecule has 1 aromatic heterocycles. The predicted molar refractivity (Wildman–Crippen MR) is 128 cm³/mol. The molecule has 4 bridgehead atoms. The van der Waals surface area contributed by atoms with Crippen molar-refractivity contribution in [1.29, 1.82) is 0 Å². The van der Waals surface area contributed by atoms with Gasteiger partial charge in [-0.25, -0.2) is 4.39 Å². The molecule has 6 saturated carbocycles. The molecule has 35 heavy (non-hydrogen) atoms. The van der Waals surface area contributed by atoms with Gasteiger partial charge in [-0.2, -0.15) is 13.2 Å². The molecule has 1 aromatic carbocycles. The number of hydrogen-bond acceptors (Lipinski definition) is 2. The van der Waals surface area contributed by atoms with Crippen molar-refractivity contribution in [3.05, 3.63) is 58.3 Å². The van der Waals surface area contributed by atoms with E-state index < -0.39 is 22.8 Å². The molecular formula is C27H27BrF4N2O. The van der Waals surface area contributed by atoms with Crippen LogP contribution in [-0.4, -0.2) is 23.1 Å². The van der Waals surface area contributed by atoms with Gasteiger partial charge in [0, 0.05) is 34.0 Å². The zero-order valence-corrected chi connectivity index (χ0v) is 20.9. The first kappa shape index (κ1) is 23.4. The summed E-state index contributed by atoms with van der Waals surface area (Å²) in [6, 6.07) is 9.95. The van der Waals surface area contributed by atoms with E-state index in [-0.39, 0.29) is 16.7 Å². The van der Waals surface area contributed by atoms with E-state index in [0.29, 0.717) is 31.5 Å². The summed E-state index contributed by atoms with van der Waals surface area (Å²) in [5.74, 6) is 0.0199. The summed E-state index contributed by atoms with van der Waals surface area (Å²) in [5.41, 5.74) is -1.41. The van der Waals surface area contributed by atoms with Crippen LogP contribution in [0.3, 0.4) is 0 Å². The number of nitrogens with zero attached hydrogens (tertiary/aromatic N) is 2. The SMILES string of the molecule is O=C(N(CC12CCC(c3cc(C(F)(F)F)ccn3)(CC1)CC2)c1cccc(Br)c1)C12CC(F)(C1)C2. The lowest BCUT2D eigenvalue weighted by atomic mass is 9.41. The largest absolute Gasteiger partial charge is 0.416 e. The van der Waals surface area contributed by atoms with Gasteiger partial charge in [0.2, 0.25) is 5.91 Å². The van der Waals surface area contributed by atoms with E-state index in [1.807, 2.05) is 29.2 Å². The van der Waals surface area contributed by atoms with Gasteiger partial charge in [0.15, 0.2) is 0 Å². The number of benzene rings is 1. The summed E-state index contributed by atoms with van der Waals surface area (Å²) in [4.78, 5) is 20.0. The summed E-state index contributed by atoms with van der Waals surface area (Å²) in [6.45, 7) is 0.565. The van der Waals surface area contributed by atoms with E-state index in [1.54, 1.807) is 0 Å². The van der Waals surface area contributed by atoms with Crippen LogP contribution in [0.4, 0.5) is 23.2 Å². The number of amides is 1. The molecule has 0 radical (unpaired) electrons. The third kappa shape index (κ3) is 3.73. The Bertz CT molecular complexity index is 1150. The maximum Gasteiger partial charge on any atom is 0.416 e. The second-order valence-corrected chi connectivity index (χ2v) is 12.5. The van der Waals surface area contributed by atoms with Crippen LogP contribution < -0.4 is 4.90 Å². The summed E-state index contributed by atoms with van der Waals surface area (Å²) >= 11 is 3.51. The molecule has 6 fully saturated rings. The highest BCUT2D eigenvalue weighted by atomic mass is 79.9. The summed E-state index contributed by atoms with van der Waals surface area (Å²) in [7, 11) is 0. The van der Waals surface area contributed by atoms with Crippen molar-refractivity contribution in [3.8, 4) is 0 Å². The number of alkyl halides is 4. The third-order valence-corrected chi connectivity index (χ3v) is 9.80. The van der Waals surface area contributed by atoms with Crippen molar-refractivity contribution in [3.63, 3.8) is 0 Å². The van der Waals surface area contributed by atoms with Gasteiger partial charge in [0.05, 0.1) is 11.0 Å². The van der Waals surface area contributed by atoms with Crippen molar-refractivity contribution in [1.82, 2.24) is 4.98 Å². The van der Waals surface area contributed by atoms with E-state index in [0.717, 1.165) is 54.8 Å². The van der Waals surface area contributed by atoms with Crippen LogP contribution in [0.5, 0.6) is 0 Å². The molecule has 6 aliphatic rings. The smallest absolute Gasteiger partial charge is 0.311 e. The number of carbonyl (C=O) groups is 1. The molecule has 1 amide bonds. The van der Waals surface area contributed by atoms with Gasteiger partial charge in [-0.1, -0.05) is 22.0 Å². The molecule has 0 spiro atoms. The average Bonchev–Trinajstić information content (AvgIpc) is 2.80. The zero-order chi connectivity index (χ0) is 24.7. The number of aromatic nitrogens is 1. The molecule has 3 nitrogen and oxygen atoms in total. The first-order chi connectivity index (χ1) is 16.5. The molecule has 186 valence electrons. The van der Waals surface area contributed by atoms with Crippen LogP contribution in [0.25, 0.3) is 0 Å². The molecule has 0 N–H and O–H groups in total. The molecule has 8 heteroatoms. The highest BCUT2D eigenvalue weighted by Crippen LogP contribution is 2.70. The second kappa shape index (κ2) is 7.53. The zero-order valence-electron chi connectivity index (χ0n) is 19.3. The summed E-state index contributed by atoms with van der Waals surface area (Å²) in [6.07, 6.45) is 2.66. The topological polar surface area (TPSA) is 33.2 Å². The minimum atomic E-state index is -4.38. The van der Waals surface area contributed by atoms with Crippen molar-refractivity contribution >= 4 is 27.5 Å². The minimum absolute atomic E-state index is 0.0199. The average molecular weight is 551 g/mol. The fourth-order valence-corrected chi connectivity index (χ4v) is 7.61. The predicted octanol–water partition coefficient (Wildman–Crippen LogP) is 7.38. The quantitative estimate of drug-likeness (QED) is 0.364. The number of fused-ring (bicyclic) bond motifs is 3. The third-order valence-electron chi connectivity index (χ3n) is 9.31. The molecule has 1 heterocycles. The molecule has 0 saturated heterocycles. The Morgan fingerprint density at radius 3 is 2.23 bits per heavy atom. The maximum atomic E-state index is 14.3. The standard InChI is InChI=1S/C27H27BrF4N2O/c28-19-2-1-3-20(13-19)34(22(35)25-14-26(29,15-25)16-25)17-23-5-8-24(9-6-23,10-7-23)21-12-18(4-11-33-21)27(30,31)32/h1-4,11-13H,5-10,14-17H2. The van der Waals surface area contributed by atoms with Crippen LogP contribution in [0, 0.1) is 10.8 Å². The first-order valence-electron chi connectivity index (χ1n) is 12.3. The highest BCUT2D eigenvalue weighted by molar-refractivity contribution is 9.10. The van der Waals surface area contributed by atoms with Gasteiger partial charge in [0.25, 0.3) is 0 Å². The molecule has 2 aromatic rings.